The average molecular weight is 423 g/mol. The molecule has 1 N–H and O–H groups in total. The van der Waals surface area contributed by atoms with Crippen molar-refractivity contribution < 1.29 is 4.42 Å². The van der Waals surface area contributed by atoms with Crippen LogP contribution in [-0.4, -0.2) is 41.3 Å². The molecule has 6 heterocycles. The molecule has 5 aromatic rings. The van der Waals surface area contributed by atoms with Crippen LogP contribution in [0.1, 0.15) is 34.4 Å². The fraction of sp³-hybridized carbons (Fsp3) is 0.182. The van der Waals surface area contributed by atoms with Gasteiger partial charge in [-0.05, 0) is 36.8 Å². The van der Waals surface area contributed by atoms with Crippen LogP contribution in [0.4, 0.5) is 6.01 Å². The molecule has 5 aromatic heterocycles. The first-order valence-corrected chi connectivity index (χ1v) is 10.1. The summed E-state index contributed by atoms with van der Waals surface area (Å²) in [7, 11) is 0. The number of pyridine rings is 2. The third-order valence-corrected chi connectivity index (χ3v) is 5.72. The zero-order valence-electron chi connectivity index (χ0n) is 17.1. The lowest BCUT2D eigenvalue weighted by molar-refractivity contribution is 0.503. The Bertz CT molecular complexity index is 1470. The second-order valence-electron chi connectivity index (χ2n) is 7.64. The van der Waals surface area contributed by atoms with Crippen LogP contribution < -0.4 is 4.90 Å². The Kier molecular flexibility index (Phi) is 4.01. The minimum absolute atomic E-state index is 0.267. The highest BCUT2D eigenvalue weighted by molar-refractivity contribution is 5.57. The van der Waals surface area contributed by atoms with E-state index in [4.69, 9.17) is 14.8 Å². The van der Waals surface area contributed by atoms with E-state index in [2.05, 4.69) is 44.2 Å². The second-order valence-corrected chi connectivity index (χ2v) is 7.64. The van der Waals surface area contributed by atoms with Gasteiger partial charge in [0.25, 0.3) is 5.89 Å². The highest BCUT2D eigenvalue weighted by atomic mass is 16.4. The van der Waals surface area contributed by atoms with Crippen LogP contribution in [0, 0.1) is 18.3 Å². The predicted molar refractivity (Wildman–Crippen MR) is 114 cm³/mol. The van der Waals surface area contributed by atoms with Gasteiger partial charge in [-0.1, -0.05) is 11.2 Å². The van der Waals surface area contributed by atoms with Crippen molar-refractivity contribution in [3.8, 4) is 17.5 Å². The third kappa shape index (κ3) is 2.83. The minimum atomic E-state index is -0.267. The molecule has 156 valence electrons. The fourth-order valence-corrected chi connectivity index (χ4v) is 4.13. The minimum Gasteiger partial charge on any atom is -0.403 e. The fourth-order valence-electron chi connectivity index (χ4n) is 4.13. The number of rotatable bonds is 3. The Hall–Kier alpha value is -4.52. The van der Waals surface area contributed by atoms with Crippen molar-refractivity contribution in [1.29, 1.82) is 5.26 Å². The number of anilines is 1. The van der Waals surface area contributed by atoms with Crippen molar-refractivity contribution in [3.63, 3.8) is 0 Å². The molecule has 0 bridgehead atoms. The quantitative estimate of drug-likeness (QED) is 0.470. The Morgan fingerprint density at radius 1 is 1.22 bits per heavy atom. The van der Waals surface area contributed by atoms with E-state index in [1.807, 2.05) is 27.7 Å². The SMILES string of the molecule is Cc1cccn2nc([C@H]3c4nc[nH]c4CCN3c3nnc(-c4ccc(C#N)nc4)o3)cc12. The molecular formula is C22H17N9O. The van der Waals surface area contributed by atoms with Crippen LogP contribution in [0.3, 0.4) is 0 Å². The molecule has 0 aliphatic carbocycles. The molecule has 10 nitrogen and oxygen atoms in total. The number of aromatic nitrogens is 7. The number of hydrogen-bond acceptors (Lipinski definition) is 8. The third-order valence-electron chi connectivity index (χ3n) is 5.72. The lowest BCUT2D eigenvalue weighted by atomic mass is 10.00. The molecule has 1 aliphatic heterocycles. The Labute approximate surface area is 182 Å². The highest BCUT2D eigenvalue weighted by Gasteiger charge is 2.36. The molecule has 6 rings (SSSR count). The molecule has 0 amide bonds. The number of nitrogens with one attached hydrogen (secondary N) is 1. The Morgan fingerprint density at radius 2 is 2.16 bits per heavy atom. The van der Waals surface area contributed by atoms with Crippen LogP contribution in [0.15, 0.2) is 53.5 Å². The van der Waals surface area contributed by atoms with Gasteiger partial charge in [-0.15, -0.1) is 5.10 Å². The van der Waals surface area contributed by atoms with E-state index in [1.54, 1.807) is 24.7 Å². The summed E-state index contributed by atoms with van der Waals surface area (Å²) in [6.07, 6.45) is 5.98. The smallest absolute Gasteiger partial charge is 0.319 e. The Balaban J connectivity index is 1.43. The van der Waals surface area contributed by atoms with Gasteiger partial charge in [0.2, 0.25) is 0 Å². The van der Waals surface area contributed by atoms with Gasteiger partial charge in [-0.3, -0.25) is 0 Å². The largest absolute Gasteiger partial charge is 0.403 e. The topological polar surface area (TPSA) is 125 Å². The van der Waals surface area contributed by atoms with Crippen LogP contribution in [0.25, 0.3) is 17.0 Å². The Morgan fingerprint density at radius 3 is 2.97 bits per heavy atom. The van der Waals surface area contributed by atoms with Crippen LogP contribution in [0.5, 0.6) is 0 Å². The first-order valence-electron chi connectivity index (χ1n) is 10.1. The van der Waals surface area contributed by atoms with Gasteiger partial charge < -0.3 is 14.3 Å². The molecule has 0 fully saturated rings. The van der Waals surface area contributed by atoms with Crippen LogP contribution >= 0.6 is 0 Å². The first kappa shape index (κ1) is 18.3. The van der Waals surface area contributed by atoms with E-state index in [-0.39, 0.29) is 6.04 Å². The molecule has 32 heavy (non-hydrogen) atoms. The molecule has 0 saturated heterocycles. The lowest BCUT2D eigenvalue weighted by Crippen LogP contribution is -2.36. The summed E-state index contributed by atoms with van der Waals surface area (Å²) >= 11 is 0. The monoisotopic (exact) mass is 423 g/mol. The summed E-state index contributed by atoms with van der Waals surface area (Å²) in [5.74, 6) is 0.342. The van der Waals surface area contributed by atoms with Crippen molar-refractivity contribution in [2.45, 2.75) is 19.4 Å². The van der Waals surface area contributed by atoms with Crippen molar-refractivity contribution >= 4 is 11.5 Å². The molecule has 0 radical (unpaired) electrons. The molecule has 0 saturated carbocycles. The number of imidazole rings is 1. The van der Waals surface area contributed by atoms with E-state index in [1.165, 1.54) is 0 Å². The van der Waals surface area contributed by atoms with Gasteiger partial charge in [0.1, 0.15) is 17.8 Å². The zero-order valence-corrected chi connectivity index (χ0v) is 17.1. The zero-order chi connectivity index (χ0) is 21.7. The molecule has 0 spiro atoms. The van der Waals surface area contributed by atoms with Gasteiger partial charge in [0.05, 0.1) is 28.8 Å². The molecule has 10 heteroatoms. The van der Waals surface area contributed by atoms with E-state index in [9.17, 15) is 0 Å². The maximum Gasteiger partial charge on any atom is 0.319 e. The summed E-state index contributed by atoms with van der Waals surface area (Å²) < 4.78 is 7.91. The standard InChI is InChI=1S/C22H17N9O/c1-13-3-2-7-31-18(13)9-17(29-31)20-19-16(25-12-26-19)6-8-30(20)22-28-27-21(32-22)14-4-5-15(10-23)24-11-14/h2-5,7,9,11-12,20H,6,8H2,1H3,(H,25,26)/t20-/m0/s1. The maximum atomic E-state index is 8.96. The molecule has 1 aliphatic rings. The summed E-state index contributed by atoms with van der Waals surface area (Å²) in [5.41, 5.74) is 6.00. The molecule has 0 aromatic carbocycles. The van der Waals surface area contributed by atoms with Crippen molar-refractivity contribution in [2.75, 3.05) is 11.4 Å². The lowest BCUT2D eigenvalue weighted by Gasteiger charge is -2.32. The normalized spacial score (nSPS) is 15.6. The molecular weight excluding hydrogens is 406 g/mol. The number of fused-ring (bicyclic) bond motifs is 2. The number of hydrogen-bond donors (Lipinski definition) is 1. The van der Waals surface area contributed by atoms with E-state index >= 15 is 0 Å². The molecule has 1 atom stereocenters. The van der Waals surface area contributed by atoms with Gasteiger partial charge in [-0.25, -0.2) is 14.5 Å². The van der Waals surface area contributed by atoms with E-state index < -0.39 is 0 Å². The number of aromatic amines is 1. The van der Waals surface area contributed by atoms with Crippen LogP contribution in [-0.2, 0) is 6.42 Å². The number of aryl methyl sites for hydroxylation is 1. The van der Waals surface area contributed by atoms with E-state index in [0.717, 1.165) is 34.6 Å². The first-order chi connectivity index (χ1) is 15.7. The summed E-state index contributed by atoms with van der Waals surface area (Å²) in [6.45, 7) is 2.73. The van der Waals surface area contributed by atoms with E-state index in [0.29, 0.717) is 29.7 Å². The summed E-state index contributed by atoms with van der Waals surface area (Å²) in [6, 6.07) is 11.6. The van der Waals surface area contributed by atoms with Crippen molar-refractivity contribution in [1.82, 2.24) is 34.8 Å². The summed E-state index contributed by atoms with van der Waals surface area (Å²) in [4.78, 5) is 14.0. The van der Waals surface area contributed by atoms with Gasteiger partial charge >= 0.3 is 6.01 Å². The van der Waals surface area contributed by atoms with Crippen molar-refractivity contribution in [3.05, 3.63) is 77.4 Å². The van der Waals surface area contributed by atoms with Gasteiger partial charge in [-0.2, -0.15) is 10.4 Å². The van der Waals surface area contributed by atoms with Gasteiger partial charge in [0.15, 0.2) is 0 Å². The number of nitriles is 1. The van der Waals surface area contributed by atoms with Crippen molar-refractivity contribution in [2.24, 2.45) is 0 Å². The summed E-state index contributed by atoms with van der Waals surface area (Å²) in [5, 5.41) is 22.3. The number of H-pyrrole nitrogens is 1. The van der Waals surface area contributed by atoms with Gasteiger partial charge in [0, 0.05) is 31.1 Å². The average Bonchev–Trinajstić information content (AvgIpc) is 3.57. The van der Waals surface area contributed by atoms with Crippen LogP contribution in [0.2, 0.25) is 0 Å². The molecule has 0 unspecified atom stereocenters. The maximum absolute atomic E-state index is 8.96. The second kappa shape index (κ2) is 7.02. The predicted octanol–water partition coefficient (Wildman–Crippen LogP) is 2.83. The highest BCUT2D eigenvalue weighted by Crippen LogP contribution is 2.37. The number of nitrogens with zero attached hydrogens (tertiary/aromatic N) is 8.